The molecule has 0 heterocycles. The molecule has 1 aliphatic carbocycles. The van der Waals surface area contributed by atoms with Crippen LogP contribution in [0.2, 0.25) is 0 Å². The Hall–Kier alpha value is -0.860. The van der Waals surface area contributed by atoms with Crippen molar-refractivity contribution in [3.63, 3.8) is 0 Å². The van der Waals surface area contributed by atoms with Crippen LogP contribution in [0.25, 0.3) is 0 Å². The van der Waals surface area contributed by atoms with Gasteiger partial charge in [0.15, 0.2) is 0 Å². The van der Waals surface area contributed by atoms with Crippen LogP contribution in [0.5, 0.6) is 0 Å². The Kier molecular flexibility index (Phi) is 4.79. The lowest BCUT2D eigenvalue weighted by molar-refractivity contribution is 0.101. The molecule has 100 valence electrons. The van der Waals surface area contributed by atoms with Crippen LogP contribution < -0.4 is 5.32 Å². The second-order valence-electron chi connectivity index (χ2n) is 5.21. The maximum Gasteiger partial charge on any atom is 0.0628 e. The monoisotopic (exact) mass is 247 g/mol. The highest BCUT2D eigenvalue weighted by Gasteiger charge is 2.50. The van der Waals surface area contributed by atoms with Gasteiger partial charge in [0.05, 0.1) is 6.61 Å². The van der Waals surface area contributed by atoms with Crippen molar-refractivity contribution in [1.82, 2.24) is 5.32 Å². The van der Waals surface area contributed by atoms with Crippen molar-refractivity contribution >= 4 is 0 Å². The fourth-order valence-electron chi connectivity index (χ4n) is 2.75. The van der Waals surface area contributed by atoms with Gasteiger partial charge in [-0.3, -0.25) is 0 Å². The summed E-state index contributed by atoms with van der Waals surface area (Å²) in [6, 6.07) is 11.4. The molecule has 1 saturated carbocycles. The molecular formula is C16H25NO. The molecule has 0 bridgehead atoms. The number of rotatable bonds is 8. The predicted octanol–water partition coefficient (Wildman–Crippen LogP) is 3.12. The minimum absolute atomic E-state index is 0.324. The van der Waals surface area contributed by atoms with E-state index in [0.29, 0.717) is 11.5 Å². The summed E-state index contributed by atoms with van der Waals surface area (Å²) < 4.78 is 5.78. The molecule has 1 atom stereocenters. The van der Waals surface area contributed by atoms with Gasteiger partial charge in [0.1, 0.15) is 0 Å². The maximum atomic E-state index is 5.78. The van der Waals surface area contributed by atoms with Crippen LogP contribution in [-0.4, -0.2) is 25.8 Å². The fraction of sp³-hybridized carbons (Fsp3) is 0.625. The third-order valence-electron chi connectivity index (χ3n) is 3.89. The lowest BCUT2D eigenvalue weighted by Gasteiger charge is -2.28. The first kappa shape index (κ1) is 13.6. The van der Waals surface area contributed by atoms with Crippen molar-refractivity contribution in [2.45, 2.75) is 44.6 Å². The molecule has 0 amide bonds. The standard InChI is InChI=1S/C16H25NO/c1-3-12-18-13-15(17-4-2)16(10-11-16)14-8-6-5-7-9-14/h5-9,15,17H,3-4,10-13H2,1-2H3. The maximum absolute atomic E-state index is 5.78. The van der Waals surface area contributed by atoms with Gasteiger partial charge in [-0.2, -0.15) is 0 Å². The van der Waals surface area contributed by atoms with Crippen LogP contribution in [0, 0.1) is 0 Å². The first-order valence-electron chi connectivity index (χ1n) is 7.20. The van der Waals surface area contributed by atoms with E-state index >= 15 is 0 Å². The molecule has 1 unspecified atom stereocenters. The van der Waals surface area contributed by atoms with Gasteiger partial charge >= 0.3 is 0 Å². The van der Waals surface area contributed by atoms with Gasteiger partial charge < -0.3 is 10.1 Å². The summed E-state index contributed by atoms with van der Waals surface area (Å²) in [6.07, 6.45) is 3.66. The van der Waals surface area contributed by atoms with Crippen LogP contribution >= 0.6 is 0 Å². The third kappa shape index (κ3) is 2.93. The average Bonchev–Trinajstić information content (AvgIpc) is 3.21. The van der Waals surface area contributed by atoms with Crippen LogP contribution in [0.15, 0.2) is 30.3 Å². The number of hydrogen-bond donors (Lipinski definition) is 1. The Bertz CT molecular complexity index is 345. The van der Waals surface area contributed by atoms with E-state index in [4.69, 9.17) is 4.74 Å². The summed E-state index contributed by atoms with van der Waals surface area (Å²) in [4.78, 5) is 0. The van der Waals surface area contributed by atoms with Crippen molar-refractivity contribution in [2.24, 2.45) is 0 Å². The average molecular weight is 247 g/mol. The molecule has 1 N–H and O–H groups in total. The number of likely N-dealkylation sites (N-methyl/N-ethyl adjacent to an activating group) is 1. The molecule has 2 rings (SSSR count). The first-order chi connectivity index (χ1) is 8.83. The number of hydrogen-bond acceptors (Lipinski definition) is 2. The zero-order valence-electron chi connectivity index (χ0n) is 11.6. The van der Waals surface area contributed by atoms with Crippen molar-refractivity contribution in [3.05, 3.63) is 35.9 Å². The molecule has 2 nitrogen and oxygen atoms in total. The Balaban J connectivity index is 2.05. The number of nitrogens with one attached hydrogen (secondary N) is 1. The van der Waals surface area contributed by atoms with Gasteiger partial charge in [-0.15, -0.1) is 0 Å². The molecular weight excluding hydrogens is 222 g/mol. The topological polar surface area (TPSA) is 21.3 Å². The summed E-state index contributed by atoms with van der Waals surface area (Å²) in [6.45, 7) is 7.04. The zero-order valence-corrected chi connectivity index (χ0v) is 11.6. The molecule has 1 aromatic carbocycles. The van der Waals surface area contributed by atoms with Gasteiger partial charge in [0.2, 0.25) is 0 Å². The molecule has 1 aliphatic rings. The second-order valence-corrected chi connectivity index (χ2v) is 5.21. The second kappa shape index (κ2) is 6.35. The SMILES string of the molecule is CCCOCC(NCC)C1(c2ccccc2)CC1. The van der Waals surface area contributed by atoms with Gasteiger partial charge in [-0.25, -0.2) is 0 Å². The highest BCUT2D eigenvalue weighted by Crippen LogP contribution is 2.51. The van der Waals surface area contributed by atoms with E-state index in [0.717, 1.165) is 26.2 Å². The van der Waals surface area contributed by atoms with E-state index in [-0.39, 0.29) is 0 Å². The Morgan fingerprint density at radius 2 is 1.94 bits per heavy atom. The van der Waals surface area contributed by atoms with Crippen molar-refractivity contribution in [1.29, 1.82) is 0 Å². The Labute approximate surface area is 111 Å². The van der Waals surface area contributed by atoms with Crippen LogP contribution in [0.4, 0.5) is 0 Å². The summed E-state index contributed by atoms with van der Waals surface area (Å²) >= 11 is 0. The van der Waals surface area contributed by atoms with Gasteiger partial charge in [-0.05, 0) is 31.4 Å². The Morgan fingerprint density at radius 1 is 1.22 bits per heavy atom. The third-order valence-corrected chi connectivity index (χ3v) is 3.89. The van der Waals surface area contributed by atoms with E-state index < -0.39 is 0 Å². The smallest absolute Gasteiger partial charge is 0.0628 e. The van der Waals surface area contributed by atoms with Crippen LogP contribution in [0.1, 0.15) is 38.7 Å². The van der Waals surface area contributed by atoms with Crippen molar-refractivity contribution in [2.75, 3.05) is 19.8 Å². The summed E-state index contributed by atoms with van der Waals surface area (Å²) in [5.41, 5.74) is 1.79. The molecule has 2 heteroatoms. The minimum atomic E-state index is 0.324. The molecule has 1 aromatic rings. The van der Waals surface area contributed by atoms with Crippen LogP contribution in [-0.2, 0) is 10.2 Å². The largest absolute Gasteiger partial charge is 0.380 e. The number of benzene rings is 1. The molecule has 0 aromatic heterocycles. The molecule has 0 radical (unpaired) electrons. The summed E-state index contributed by atoms with van der Waals surface area (Å²) in [5, 5.41) is 3.62. The lowest BCUT2D eigenvalue weighted by atomic mass is 9.88. The normalized spacial score (nSPS) is 18.6. The van der Waals surface area contributed by atoms with Gasteiger partial charge in [-0.1, -0.05) is 44.2 Å². The highest BCUT2D eigenvalue weighted by molar-refractivity contribution is 5.34. The van der Waals surface area contributed by atoms with E-state index in [2.05, 4.69) is 49.5 Å². The summed E-state index contributed by atoms with van der Waals surface area (Å²) in [5.74, 6) is 0. The molecule has 0 aliphatic heterocycles. The van der Waals surface area contributed by atoms with E-state index in [9.17, 15) is 0 Å². The van der Waals surface area contributed by atoms with E-state index in [1.807, 2.05) is 0 Å². The fourth-order valence-corrected chi connectivity index (χ4v) is 2.75. The van der Waals surface area contributed by atoms with Crippen LogP contribution in [0.3, 0.4) is 0 Å². The quantitative estimate of drug-likeness (QED) is 0.713. The molecule has 18 heavy (non-hydrogen) atoms. The summed E-state index contributed by atoms with van der Waals surface area (Å²) in [7, 11) is 0. The van der Waals surface area contributed by atoms with Gasteiger partial charge in [0.25, 0.3) is 0 Å². The molecule has 0 spiro atoms. The Morgan fingerprint density at radius 3 is 2.50 bits per heavy atom. The first-order valence-corrected chi connectivity index (χ1v) is 7.20. The van der Waals surface area contributed by atoms with E-state index in [1.165, 1.54) is 18.4 Å². The lowest BCUT2D eigenvalue weighted by Crippen LogP contribution is -2.43. The zero-order chi connectivity index (χ0) is 12.8. The molecule has 1 fully saturated rings. The predicted molar refractivity (Wildman–Crippen MR) is 75.9 cm³/mol. The van der Waals surface area contributed by atoms with Crippen molar-refractivity contribution in [3.8, 4) is 0 Å². The minimum Gasteiger partial charge on any atom is -0.380 e. The highest BCUT2D eigenvalue weighted by atomic mass is 16.5. The number of ether oxygens (including phenoxy) is 1. The molecule has 0 saturated heterocycles. The van der Waals surface area contributed by atoms with Crippen molar-refractivity contribution < 1.29 is 4.74 Å². The van der Waals surface area contributed by atoms with E-state index in [1.54, 1.807) is 0 Å². The van der Waals surface area contributed by atoms with Gasteiger partial charge in [0, 0.05) is 18.1 Å².